The summed E-state index contributed by atoms with van der Waals surface area (Å²) in [5, 5.41) is 2.63. The first kappa shape index (κ1) is 16.7. The summed E-state index contributed by atoms with van der Waals surface area (Å²) in [6.07, 6.45) is 0. The van der Waals surface area contributed by atoms with Gasteiger partial charge in [-0.05, 0) is 24.6 Å². The number of rotatable bonds is 6. The molecule has 1 aromatic carbocycles. The third-order valence-corrected chi connectivity index (χ3v) is 3.06. The highest BCUT2D eigenvalue weighted by Crippen LogP contribution is 2.26. The van der Waals surface area contributed by atoms with Gasteiger partial charge in [0.1, 0.15) is 17.5 Å². The van der Waals surface area contributed by atoms with E-state index in [1.807, 2.05) is 0 Å². The van der Waals surface area contributed by atoms with Crippen molar-refractivity contribution in [3.05, 3.63) is 29.8 Å². The zero-order valence-corrected chi connectivity index (χ0v) is 12.5. The van der Waals surface area contributed by atoms with E-state index < -0.39 is 17.9 Å². The normalized spacial score (nSPS) is 13.0. The van der Waals surface area contributed by atoms with E-state index in [0.717, 1.165) is 0 Å². The summed E-state index contributed by atoms with van der Waals surface area (Å²) in [7, 11) is 2.74. The second kappa shape index (κ2) is 7.42. The summed E-state index contributed by atoms with van der Waals surface area (Å²) in [5.41, 5.74) is 0.622. The van der Waals surface area contributed by atoms with Crippen LogP contribution in [0, 0.1) is 5.92 Å². The summed E-state index contributed by atoms with van der Waals surface area (Å²) in [5.74, 6) is -1.86. The van der Waals surface area contributed by atoms with Crippen LogP contribution in [0.3, 0.4) is 0 Å². The first-order valence-electron chi connectivity index (χ1n) is 6.40. The fraction of sp³-hybridized carbons (Fsp3) is 0.400. The zero-order valence-electron chi connectivity index (χ0n) is 12.5. The van der Waals surface area contributed by atoms with Gasteiger partial charge in [-0.2, -0.15) is 0 Å². The molecule has 21 heavy (non-hydrogen) atoms. The van der Waals surface area contributed by atoms with Gasteiger partial charge in [-0.1, -0.05) is 12.1 Å². The molecule has 0 aromatic heterocycles. The van der Waals surface area contributed by atoms with Gasteiger partial charge in [0.15, 0.2) is 0 Å². The number of carbonyl (C=O) groups excluding carboxylic acids is 3. The van der Waals surface area contributed by atoms with Crippen LogP contribution in [0.25, 0.3) is 0 Å². The number of ketones is 1. The number of carbonyl (C=O) groups is 3. The smallest absolute Gasteiger partial charge is 0.318 e. The summed E-state index contributed by atoms with van der Waals surface area (Å²) in [6, 6.07) is 5.99. The Morgan fingerprint density at radius 3 is 2.00 bits per heavy atom. The fourth-order valence-electron chi connectivity index (χ4n) is 2.05. The number of Topliss-reactive ketones (excluding diaryl/α,β-unsaturated/α-hetero) is 1. The minimum atomic E-state index is -1.09. The standard InChI is InChI=1S/C15H19NO5/c1-9(17)13(15(19)21-4)14(16-10(2)18)11-5-7-12(20-3)8-6-11/h5-8,13-14H,1-4H3,(H,16,18)/t13-,14+/m0/s1. The first-order chi connectivity index (χ1) is 9.90. The molecule has 1 amide bonds. The van der Waals surface area contributed by atoms with Crippen LogP contribution in [0.4, 0.5) is 0 Å². The highest BCUT2D eigenvalue weighted by molar-refractivity contribution is 5.99. The van der Waals surface area contributed by atoms with E-state index in [1.165, 1.54) is 28.1 Å². The van der Waals surface area contributed by atoms with Crippen molar-refractivity contribution in [1.82, 2.24) is 5.32 Å². The van der Waals surface area contributed by atoms with Crippen LogP contribution >= 0.6 is 0 Å². The summed E-state index contributed by atoms with van der Waals surface area (Å²) in [6.45, 7) is 2.62. The Labute approximate surface area is 123 Å². The van der Waals surface area contributed by atoms with Gasteiger partial charge in [0.25, 0.3) is 0 Å². The molecule has 2 atom stereocenters. The average Bonchev–Trinajstić information content (AvgIpc) is 2.45. The minimum absolute atomic E-state index is 0.342. The largest absolute Gasteiger partial charge is 0.497 e. The molecular weight excluding hydrogens is 274 g/mol. The number of ether oxygens (including phenoxy) is 2. The molecule has 0 unspecified atom stereocenters. The molecule has 0 heterocycles. The first-order valence-corrected chi connectivity index (χ1v) is 6.40. The SMILES string of the molecule is COC(=O)[C@@H](C(C)=O)[C@H](NC(C)=O)c1ccc(OC)cc1. The summed E-state index contributed by atoms with van der Waals surface area (Å²) < 4.78 is 9.73. The molecule has 1 N–H and O–H groups in total. The van der Waals surface area contributed by atoms with Gasteiger partial charge >= 0.3 is 5.97 Å². The van der Waals surface area contributed by atoms with E-state index >= 15 is 0 Å². The Morgan fingerprint density at radius 2 is 1.62 bits per heavy atom. The van der Waals surface area contributed by atoms with E-state index in [2.05, 4.69) is 10.1 Å². The monoisotopic (exact) mass is 293 g/mol. The van der Waals surface area contributed by atoms with E-state index in [-0.39, 0.29) is 11.7 Å². The van der Waals surface area contributed by atoms with Crippen molar-refractivity contribution >= 4 is 17.7 Å². The van der Waals surface area contributed by atoms with Crippen LogP contribution in [0.15, 0.2) is 24.3 Å². The fourth-order valence-corrected chi connectivity index (χ4v) is 2.05. The third kappa shape index (κ3) is 4.30. The molecule has 0 aliphatic heterocycles. The molecule has 0 saturated carbocycles. The molecule has 0 fully saturated rings. The predicted octanol–water partition coefficient (Wildman–Crippen LogP) is 1.25. The number of esters is 1. The van der Waals surface area contributed by atoms with Gasteiger partial charge in [0.05, 0.1) is 20.3 Å². The van der Waals surface area contributed by atoms with Crippen molar-refractivity contribution in [2.45, 2.75) is 19.9 Å². The Morgan fingerprint density at radius 1 is 1.05 bits per heavy atom. The second-order valence-electron chi connectivity index (χ2n) is 4.56. The summed E-state index contributed by atoms with van der Waals surface area (Å²) >= 11 is 0. The van der Waals surface area contributed by atoms with Crippen molar-refractivity contribution in [2.75, 3.05) is 14.2 Å². The molecule has 0 aliphatic rings. The quantitative estimate of drug-likeness (QED) is 0.630. The minimum Gasteiger partial charge on any atom is -0.497 e. The number of hydrogen-bond donors (Lipinski definition) is 1. The van der Waals surface area contributed by atoms with E-state index in [4.69, 9.17) is 4.74 Å². The molecule has 0 saturated heterocycles. The topological polar surface area (TPSA) is 81.7 Å². The maximum atomic E-state index is 11.9. The molecule has 0 bridgehead atoms. The summed E-state index contributed by atoms with van der Waals surface area (Å²) in [4.78, 5) is 35.0. The van der Waals surface area contributed by atoms with Crippen LogP contribution in [0.5, 0.6) is 5.75 Å². The number of nitrogens with one attached hydrogen (secondary N) is 1. The Bertz CT molecular complexity index is 523. The van der Waals surface area contributed by atoms with Gasteiger partial charge in [0.2, 0.25) is 5.91 Å². The second-order valence-corrected chi connectivity index (χ2v) is 4.56. The lowest BCUT2D eigenvalue weighted by atomic mass is 9.90. The van der Waals surface area contributed by atoms with Crippen molar-refractivity contribution in [3.8, 4) is 5.75 Å². The van der Waals surface area contributed by atoms with Gasteiger partial charge in [-0.25, -0.2) is 0 Å². The van der Waals surface area contributed by atoms with Gasteiger partial charge in [-0.3, -0.25) is 14.4 Å². The number of benzene rings is 1. The van der Waals surface area contributed by atoms with Crippen LogP contribution in [-0.2, 0) is 19.1 Å². The predicted molar refractivity (Wildman–Crippen MR) is 75.7 cm³/mol. The van der Waals surface area contributed by atoms with Gasteiger partial charge < -0.3 is 14.8 Å². The third-order valence-electron chi connectivity index (χ3n) is 3.06. The maximum absolute atomic E-state index is 11.9. The Kier molecular flexibility index (Phi) is 5.90. The molecule has 0 spiro atoms. The molecule has 0 radical (unpaired) electrons. The highest BCUT2D eigenvalue weighted by Gasteiger charge is 2.35. The Hall–Kier alpha value is -2.37. The van der Waals surface area contributed by atoms with Crippen LogP contribution in [-0.4, -0.2) is 31.9 Å². The average molecular weight is 293 g/mol. The Balaban J connectivity index is 3.21. The van der Waals surface area contributed by atoms with Crippen LogP contribution in [0.1, 0.15) is 25.5 Å². The van der Waals surface area contributed by atoms with E-state index in [9.17, 15) is 14.4 Å². The molecule has 6 heteroatoms. The molecule has 6 nitrogen and oxygen atoms in total. The van der Waals surface area contributed by atoms with Gasteiger partial charge in [0, 0.05) is 6.92 Å². The lowest BCUT2D eigenvalue weighted by Crippen LogP contribution is -2.39. The molecule has 0 aliphatic carbocycles. The van der Waals surface area contributed by atoms with Crippen LogP contribution in [0.2, 0.25) is 0 Å². The van der Waals surface area contributed by atoms with Crippen LogP contribution < -0.4 is 10.1 Å². The molecular formula is C15H19NO5. The molecule has 1 aromatic rings. The van der Waals surface area contributed by atoms with E-state index in [1.54, 1.807) is 24.3 Å². The molecule has 114 valence electrons. The van der Waals surface area contributed by atoms with Gasteiger partial charge in [-0.15, -0.1) is 0 Å². The zero-order chi connectivity index (χ0) is 16.0. The molecule has 1 rings (SSSR count). The lowest BCUT2D eigenvalue weighted by molar-refractivity contribution is -0.150. The van der Waals surface area contributed by atoms with Crippen molar-refractivity contribution in [1.29, 1.82) is 0 Å². The lowest BCUT2D eigenvalue weighted by Gasteiger charge is -2.24. The number of hydrogen-bond acceptors (Lipinski definition) is 5. The number of methoxy groups -OCH3 is 2. The maximum Gasteiger partial charge on any atom is 0.318 e. The highest BCUT2D eigenvalue weighted by atomic mass is 16.5. The van der Waals surface area contributed by atoms with Crippen molar-refractivity contribution in [3.63, 3.8) is 0 Å². The van der Waals surface area contributed by atoms with Crippen molar-refractivity contribution < 1.29 is 23.9 Å². The number of amides is 1. The van der Waals surface area contributed by atoms with E-state index in [0.29, 0.717) is 11.3 Å². The van der Waals surface area contributed by atoms with Crippen molar-refractivity contribution in [2.24, 2.45) is 5.92 Å².